The molecule has 2 aliphatic carbocycles. The lowest BCUT2D eigenvalue weighted by atomic mass is 9.69. The topological polar surface area (TPSA) is 12.5 Å². The standard InChI is InChI=1S/C39H55NO.ClH/c1-27(2)34-20-18-29(5)24-37(34)40(38-25-30(6)19-21-35(38)28(3)4)26-33-14-8-7-12-31(33)22-23-41-39-17-11-15-32-13-9-10-16-36(32)39;/h7-17,27-30,34-35,37-38H,18-26H2,1-6H3;1H/t29-,30?,34?,35?,37?,38?;/m1./s1. The van der Waals surface area contributed by atoms with Crippen LogP contribution in [0.3, 0.4) is 0 Å². The summed E-state index contributed by atoms with van der Waals surface area (Å²) in [4.78, 5) is 3.06. The molecule has 0 bridgehead atoms. The van der Waals surface area contributed by atoms with Crippen LogP contribution in [0.15, 0.2) is 66.7 Å². The van der Waals surface area contributed by atoms with Crippen LogP contribution in [0.25, 0.3) is 10.8 Å². The second-order valence-corrected chi connectivity index (χ2v) is 14.3. The van der Waals surface area contributed by atoms with Crippen molar-refractivity contribution in [2.24, 2.45) is 35.5 Å². The van der Waals surface area contributed by atoms with E-state index in [-0.39, 0.29) is 12.4 Å². The number of nitrogens with zero attached hydrogens (tertiary/aromatic N) is 1. The summed E-state index contributed by atoms with van der Waals surface area (Å²) < 4.78 is 6.43. The first-order chi connectivity index (χ1) is 19.8. The van der Waals surface area contributed by atoms with Crippen LogP contribution in [-0.4, -0.2) is 23.6 Å². The smallest absolute Gasteiger partial charge is 0.127 e. The van der Waals surface area contributed by atoms with E-state index in [4.69, 9.17) is 4.74 Å². The lowest BCUT2D eigenvalue weighted by Crippen LogP contribution is -2.54. The monoisotopic (exact) mass is 589 g/mol. The summed E-state index contributed by atoms with van der Waals surface area (Å²) in [6.45, 7) is 16.7. The Bertz CT molecular complexity index is 1220. The molecule has 5 unspecified atom stereocenters. The number of fused-ring (bicyclic) bond motifs is 1. The van der Waals surface area contributed by atoms with Gasteiger partial charge in [0.2, 0.25) is 0 Å². The molecule has 3 aromatic carbocycles. The number of hydrogen-bond acceptors (Lipinski definition) is 2. The highest BCUT2D eigenvalue weighted by atomic mass is 35.5. The third-order valence-corrected chi connectivity index (χ3v) is 10.7. The summed E-state index contributed by atoms with van der Waals surface area (Å²) in [5.41, 5.74) is 2.96. The Balaban J connectivity index is 0.00000405. The van der Waals surface area contributed by atoms with Gasteiger partial charge >= 0.3 is 0 Å². The predicted octanol–water partition coefficient (Wildman–Crippen LogP) is 10.6. The van der Waals surface area contributed by atoms with Gasteiger partial charge in [0.25, 0.3) is 0 Å². The van der Waals surface area contributed by atoms with Crippen molar-refractivity contribution < 1.29 is 4.74 Å². The zero-order valence-corrected chi connectivity index (χ0v) is 27.9. The highest BCUT2D eigenvalue weighted by Crippen LogP contribution is 2.43. The van der Waals surface area contributed by atoms with Gasteiger partial charge in [0.1, 0.15) is 5.75 Å². The minimum Gasteiger partial charge on any atom is -0.493 e. The second-order valence-electron chi connectivity index (χ2n) is 14.3. The molecule has 6 atom stereocenters. The molecule has 0 aromatic heterocycles. The highest BCUT2D eigenvalue weighted by molar-refractivity contribution is 5.88. The molecule has 2 saturated carbocycles. The van der Waals surface area contributed by atoms with Crippen molar-refractivity contribution in [2.75, 3.05) is 6.61 Å². The Kier molecular flexibility index (Phi) is 11.8. The van der Waals surface area contributed by atoms with E-state index in [1.165, 1.54) is 60.4 Å². The van der Waals surface area contributed by atoms with E-state index in [0.29, 0.717) is 18.7 Å². The maximum atomic E-state index is 6.43. The molecular weight excluding hydrogens is 534 g/mol. The van der Waals surface area contributed by atoms with Crippen molar-refractivity contribution in [3.63, 3.8) is 0 Å². The van der Waals surface area contributed by atoms with Crippen LogP contribution in [-0.2, 0) is 13.0 Å². The molecule has 0 saturated heterocycles. The van der Waals surface area contributed by atoms with Crippen molar-refractivity contribution in [1.82, 2.24) is 4.90 Å². The van der Waals surface area contributed by atoms with Gasteiger partial charge in [-0.05, 0) is 83.8 Å². The molecule has 0 amide bonds. The number of ether oxygens (including phenoxy) is 1. The van der Waals surface area contributed by atoms with E-state index in [1.54, 1.807) is 0 Å². The minimum absolute atomic E-state index is 0. The Morgan fingerprint density at radius 1 is 0.690 bits per heavy atom. The molecule has 42 heavy (non-hydrogen) atoms. The summed E-state index contributed by atoms with van der Waals surface area (Å²) in [6.07, 6.45) is 9.20. The summed E-state index contributed by atoms with van der Waals surface area (Å²) in [5, 5.41) is 2.44. The first-order valence-corrected chi connectivity index (χ1v) is 16.7. The van der Waals surface area contributed by atoms with Crippen molar-refractivity contribution in [1.29, 1.82) is 0 Å². The fourth-order valence-electron chi connectivity index (χ4n) is 8.29. The third-order valence-electron chi connectivity index (χ3n) is 10.7. The van der Waals surface area contributed by atoms with Crippen LogP contribution in [0.5, 0.6) is 5.75 Å². The van der Waals surface area contributed by atoms with Gasteiger partial charge in [0.15, 0.2) is 0 Å². The summed E-state index contributed by atoms with van der Waals surface area (Å²) in [7, 11) is 0. The average molecular weight is 590 g/mol. The molecule has 0 radical (unpaired) electrons. The molecule has 0 aliphatic heterocycles. The van der Waals surface area contributed by atoms with Gasteiger partial charge in [-0.3, -0.25) is 4.90 Å². The third kappa shape index (κ3) is 7.72. The van der Waals surface area contributed by atoms with Crippen LogP contribution in [0.2, 0.25) is 0 Å². The second kappa shape index (κ2) is 15.1. The molecule has 2 aliphatic rings. The zero-order valence-electron chi connectivity index (χ0n) is 27.1. The van der Waals surface area contributed by atoms with E-state index in [2.05, 4.69) is 113 Å². The number of benzene rings is 3. The first-order valence-electron chi connectivity index (χ1n) is 16.7. The maximum absolute atomic E-state index is 6.43. The lowest BCUT2D eigenvalue weighted by molar-refractivity contribution is -0.0284. The lowest BCUT2D eigenvalue weighted by Gasteiger charge is -2.52. The van der Waals surface area contributed by atoms with Gasteiger partial charge in [-0.15, -0.1) is 12.4 Å². The highest BCUT2D eigenvalue weighted by Gasteiger charge is 2.42. The fourth-order valence-corrected chi connectivity index (χ4v) is 8.29. The molecule has 3 aromatic rings. The van der Waals surface area contributed by atoms with Gasteiger partial charge in [-0.2, -0.15) is 0 Å². The van der Waals surface area contributed by atoms with E-state index < -0.39 is 0 Å². The van der Waals surface area contributed by atoms with Gasteiger partial charge < -0.3 is 4.74 Å². The van der Waals surface area contributed by atoms with Crippen molar-refractivity contribution >= 4 is 23.2 Å². The molecule has 3 heteroatoms. The van der Waals surface area contributed by atoms with Crippen LogP contribution in [0.1, 0.15) is 91.2 Å². The van der Waals surface area contributed by atoms with Gasteiger partial charge in [0.05, 0.1) is 6.61 Å². The van der Waals surface area contributed by atoms with Gasteiger partial charge in [-0.1, -0.05) is 115 Å². The largest absolute Gasteiger partial charge is 0.493 e. The minimum atomic E-state index is 0. The molecular formula is C39H56ClNO. The maximum Gasteiger partial charge on any atom is 0.127 e. The molecule has 0 N–H and O–H groups in total. The molecule has 0 heterocycles. The molecule has 230 valence electrons. The average Bonchev–Trinajstić information content (AvgIpc) is 2.96. The number of halogens is 1. The van der Waals surface area contributed by atoms with Crippen molar-refractivity contribution in [3.05, 3.63) is 77.9 Å². The predicted molar refractivity (Wildman–Crippen MR) is 183 cm³/mol. The van der Waals surface area contributed by atoms with Crippen molar-refractivity contribution in [3.8, 4) is 5.75 Å². The molecule has 0 spiro atoms. The number of rotatable bonds is 10. The van der Waals surface area contributed by atoms with E-state index >= 15 is 0 Å². The van der Waals surface area contributed by atoms with Gasteiger partial charge in [0, 0.05) is 30.4 Å². The molecule has 2 nitrogen and oxygen atoms in total. The Hall–Kier alpha value is -2.03. The van der Waals surface area contributed by atoms with Gasteiger partial charge in [-0.25, -0.2) is 0 Å². The molecule has 2 fully saturated rings. The quantitative estimate of drug-likeness (QED) is 0.233. The SMILES string of the molecule is CC1CCC(C(C)C)C(N(Cc2ccccc2CCOc2cccc3ccccc23)C2C[C@H](C)CCC2C(C)C)C1.Cl. The van der Waals surface area contributed by atoms with E-state index in [9.17, 15) is 0 Å². The van der Waals surface area contributed by atoms with E-state index in [0.717, 1.165) is 54.2 Å². The van der Waals surface area contributed by atoms with Crippen molar-refractivity contribution in [2.45, 2.75) is 105 Å². The van der Waals surface area contributed by atoms with Crippen LogP contribution >= 0.6 is 12.4 Å². The number of hydrogen-bond donors (Lipinski definition) is 0. The Morgan fingerprint density at radius 2 is 1.24 bits per heavy atom. The van der Waals surface area contributed by atoms with E-state index in [1.807, 2.05) is 0 Å². The van der Waals surface area contributed by atoms with Crippen LogP contribution < -0.4 is 4.74 Å². The Labute approximate surface area is 263 Å². The fraction of sp³-hybridized carbons (Fsp3) is 0.590. The molecule has 5 rings (SSSR count). The zero-order chi connectivity index (χ0) is 28.9. The van der Waals surface area contributed by atoms with Crippen LogP contribution in [0.4, 0.5) is 0 Å². The first kappa shape index (κ1) is 32.9. The normalized spacial score (nSPS) is 26.5. The summed E-state index contributed by atoms with van der Waals surface area (Å²) >= 11 is 0. The Morgan fingerprint density at radius 3 is 1.86 bits per heavy atom. The summed E-state index contributed by atoms with van der Waals surface area (Å²) in [6, 6.07) is 25.5. The summed E-state index contributed by atoms with van der Waals surface area (Å²) in [5.74, 6) is 5.68. The van der Waals surface area contributed by atoms with Crippen LogP contribution in [0, 0.1) is 35.5 Å².